The highest BCUT2D eigenvalue weighted by molar-refractivity contribution is 6.40. The molecule has 0 saturated heterocycles. The number of anilines is 1. The number of benzene rings is 1. The van der Waals surface area contributed by atoms with E-state index in [0.29, 0.717) is 5.69 Å². The van der Waals surface area contributed by atoms with Gasteiger partial charge in [0.1, 0.15) is 6.04 Å². The summed E-state index contributed by atoms with van der Waals surface area (Å²) in [7, 11) is 0. The van der Waals surface area contributed by atoms with Crippen molar-refractivity contribution in [3.05, 3.63) is 29.8 Å². The topological polar surface area (TPSA) is 116 Å². The molecule has 0 aliphatic carbocycles. The number of amides is 2. The van der Waals surface area contributed by atoms with Crippen LogP contribution in [0.15, 0.2) is 24.3 Å². The lowest BCUT2D eigenvalue weighted by molar-refractivity contribution is -0.144. The Labute approximate surface area is 115 Å². The van der Waals surface area contributed by atoms with Crippen LogP contribution in [0.3, 0.4) is 0 Å². The molecule has 0 bridgehead atoms. The molecule has 7 nitrogen and oxygen atoms in total. The van der Waals surface area contributed by atoms with E-state index in [-0.39, 0.29) is 6.42 Å². The number of hydrogen-bond acceptors (Lipinski definition) is 4. The third kappa shape index (κ3) is 4.69. The van der Waals surface area contributed by atoms with E-state index < -0.39 is 30.4 Å². The largest absolute Gasteiger partial charge is 0.480 e. The van der Waals surface area contributed by atoms with Gasteiger partial charge in [0.05, 0.1) is 0 Å². The average Bonchev–Trinajstić information content (AvgIpc) is 2.40. The Bertz CT molecular complexity index is 498. The molecule has 0 unspecified atom stereocenters. The van der Waals surface area contributed by atoms with Crippen LogP contribution in [0.2, 0.25) is 0 Å². The summed E-state index contributed by atoms with van der Waals surface area (Å²) in [4.78, 5) is 33.9. The Morgan fingerprint density at radius 3 is 2.25 bits per heavy atom. The fourth-order valence-electron chi connectivity index (χ4n) is 1.44. The molecule has 0 radical (unpaired) electrons. The summed E-state index contributed by atoms with van der Waals surface area (Å²) in [5, 5.41) is 21.9. The minimum Gasteiger partial charge on any atom is -0.480 e. The molecule has 0 aliphatic rings. The van der Waals surface area contributed by atoms with Gasteiger partial charge in [-0.3, -0.25) is 9.59 Å². The number of carbonyl (C=O) groups excluding carboxylic acids is 2. The quantitative estimate of drug-likeness (QED) is 0.561. The summed E-state index contributed by atoms with van der Waals surface area (Å²) >= 11 is 0. The highest BCUT2D eigenvalue weighted by atomic mass is 16.4. The summed E-state index contributed by atoms with van der Waals surface area (Å²) in [6.07, 6.45) is -0.168. The lowest BCUT2D eigenvalue weighted by atomic mass is 10.2. The SMILES string of the molecule is Cc1ccc(NC(=O)C(=O)N[C@H](CCO)C(=O)O)cc1. The standard InChI is InChI=1S/C13H16N2O5/c1-8-2-4-9(5-3-8)14-11(17)12(18)15-10(6-7-16)13(19)20/h2-5,10,16H,6-7H2,1H3,(H,14,17)(H,15,18)(H,19,20)/t10-/m1/s1. The van der Waals surface area contributed by atoms with Gasteiger partial charge in [0.25, 0.3) is 0 Å². The Kier molecular flexibility index (Phi) is 5.67. The summed E-state index contributed by atoms with van der Waals surface area (Å²) in [5.41, 5.74) is 1.44. The number of aryl methyl sites for hydroxylation is 1. The Morgan fingerprint density at radius 1 is 1.15 bits per heavy atom. The van der Waals surface area contributed by atoms with Crippen LogP contribution in [0.4, 0.5) is 5.69 Å². The van der Waals surface area contributed by atoms with Crippen molar-refractivity contribution in [3.63, 3.8) is 0 Å². The molecule has 1 aromatic carbocycles. The van der Waals surface area contributed by atoms with Crippen molar-refractivity contribution in [2.75, 3.05) is 11.9 Å². The van der Waals surface area contributed by atoms with Gasteiger partial charge in [-0.15, -0.1) is 0 Å². The number of hydrogen-bond donors (Lipinski definition) is 4. The zero-order valence-electron chi connectivity index (χ0n) is 10.9. The monoisotopic (exact) mass is 280 g/mol. The summed E-state index contributed by atoms with van der Waals surface area (Å²) in [6.45, 7) is 1.47. The molecule has 0 heterocycles. The molecule has 1 aromatic rings. The first-order valence-corrected chi connectivity index (χ1v) is 5.96. The third-order valence-electron chi connectivity index (χ3n) is 2.54. The van der Waals surface area contributed by atoms with Crippen LogP contribution in [0, 0.1) is 6.92 Å². The lowest BCUT2D eigenvalue weighted by Gasteiger charge is -2.12. The second-order valence-electron chi connectivity index (χ2n) is 4.20. The second kappa shape index (κ2) is 7.25. The Hall–Kier alpha value is -2.41. The van der Waals surface area contributed by atoms with Gasteiger partial charge < -0.3 is 20.8 Å². The molecule has 0 fully saturated rings. The number of rotatable bonds is 5. The lowest BCUT2D eigenvalue weighted by Crippen LogP contribution is -2.46. The van der Waals surface area contributed by atoms with Crippen molar-refractivity contribution >= 4 is 23.5 Å². The van der Waals surface area contributed by atoms with Crippen LogP contribution < -0.4 is 10.6 Å². The van der Waals surface area contributed by atoms with E-state index >= 15 is 0 Å². The van der Waals surface area contributed by atoms with E-state index in [1.54, 1.807) is 24.3 Å². The Balaban J connectivity index is 2.60. The Morgan fingerprint density at radius 2 is 1.75 bits per heavy atom. The van der Waals surface area contributed by atoms with Gasteiger partial charge >= 0.3 is 17.8 Å². The maximum absolute atomic E-state index is 11.6. The summed E-state index contributed by atoms with van der Waals surface area (Å²) < 4.78 is 0. The first-order valence-electron chi connectivity index (χ1n) is 5.96. The van der Waals surface area contributed by atoms with Gasteiger partial charge in [0, 0.05) is 18.7 Å². The van der Waals surface area contributed by atoms with Crippen LogP contribution >= 0.6 is 0 Å². The van der Waals surface area contributed by atoms with E-state index in [2.05, 4.69) is 5.32 Å². The van der Waals surface area contributed by atoms with Crippen LogP contribution in [-0.2, 0) is 14.4 Å². The molecular weight excluding hydrogens is 264 g/mol. The van der Waals surface area contributed by atoms with E-state index in [4.69, 9.17) is 10.2 Å². The van der Waals surface area contributed by atoms with Gasteiger partial charge in [0.15, 0.2) is 0 Å². The maximum atomic E-state index is 11.6. The van der Waals surface area contributed by atoms with Crippen LogP contribution in [0.5, 0.6) is 0 Å². The predicted molar refractivity (Wildman–Crippen MR) is 71.1 cm³/mol. The van der Waals surface area contributed by atoms with E-state index in [1.165, 1.54) is 0 Å². The molecule has 1 atom stereocenters. The van der Waals surface area contributed by atoms with Crippen molar-refractivity contribution < 1.29 is 24.6 Å². The van der Waals surface area contributed by atoms with Crippen LogP contribution in [-0.4, -0.2) is 40.6 Å². The maximum Gasteiger partial charge on any atom is 0.326 e. The number of carbonyl (C=O) groups is 3. The van der Waals surface area contributed by atoms with E-state index in [1.807, 2.05) is 12.2 Å². The zero-order valence-corrected chi connectivity index (χ0v) is 10.9. The number of nitrogens with one attached hydrogen (secondary N) is 2. The smallest absolute Gasteiger partial charge is 0.326 e. The predicted octanol–water partition coefficient (Wildman–Crippen LogP) is -0.115. The molecular formula is C13H16N2O5. The highest BCUT2D eigenvalue weighted by Crippen LogP contribution is 2.08. The molecule has 0 aromatic heterocycles. The first-order chi connectivity index (χ1) is 9.43. The van der Waals surface area contributed by atoms with Crippen LogP contribution in [0.1, 0.15) is 12.0 Å². The van der Waals surface area contributed by atoms with Crippen LogP contribution in [0.25, 0.3) is 0 Å². The molecule has 1 rings (SSSR count). The van der Waals surface area contributed by atoms with Gasteiger partial charge in [-0.2, -0.15) is 0 Å². The third-order valence-corrected chi connectivity index (χ3v) is 2.54. The van der Waals surface area contributed by atoms with E-state index in [0.717, 1.165) is 5.56 Å². The molecule has 7 heteroatoms. The zero-order chi connectivity index (χ0) is 15.1. The molecule has 2 amide bonds. The first kappa shape index (κ1) is 15.6. The number of carboxylic acid groups (broad SMARTS) is 1. The highest BCUT2D eigenvalue weighted by Gasteiger charge is 2.23. The molecule has 0 spiro atoms. The normalized spacial score (nSPS) is 11.5. The van der Waals surface area contributed by atoms with Gasteiger partial charge in [0.2, 0.25) is 0 Å². The minimum atomic E-state index is -1.31. The fraction of sp³-hybridized carbons (Fsp3) is 0.308. The van der Waals surface area contributed by atoms with Crippen molar-refractivity contribution in [2.45, 2.75) is 19.4 Å². The van der Waals surface area contributed by atoms with Crippen molar-refractivity contribution in [1.29, 1.82) is 0 Å². The second-order valence-corrected chi connectivity index (χ2v) is 4.20. The van der Waals surface area contributed by atoms with Crippen molar-refractivity contribution in [1.82, 2.24) is 5.32 Å². The summed E-state index contributed by atoms with van der Waals surface area (Å²) in [5.74, 6) is -3.33. The number of aliphatic carboxylic acids is 1. The van der Waals surface area contributed by atoms with Crippen molar-refractivity contribution in [2.24, 2.45) is 0 Å². The molecule has 0 saturated carbocycles. The van der Waals surface area contributed by atoms with Crippen molar-refractivity contribution in [3.8, 4) is 0 Å². The molecule has 108 valence electrons. The van der Waals surface area contributed by atoms with Gasteiger partial charge in [-0.25, -0.2) is 4.79 Å². The molecule has 20 heavy (non-hydrogen) atoms. The number of carboxylic acids is 1. The molecule has 0 aliphatic heterocycles. The van der Waals surface area contributed by atoms with Gasteiger partial charge in [-0.1, -0.05) is 17.7 Å². The average molecular weight is 280 g/mol. The summed E-state index contributed by atoms with van der Waals surface area (Å²) in [6, 6.07) is 5.49. The number of aliphatic hydroxyl groups is 1. The number of aliphatic hydroxyl groups excluding tert-OH is 1. The fourth-order valence-corrected chi connectivity index (χ4v) is 1.44. The minimum absolute atomic E-state index is 0.168. The van der Waals surface area contributed by atoms with E-state index in [9.17, 15) is 14.4 Å². The molecule has 4 N–H and O–H groups in total. The van der Waals surface area contributed by atoms with Gasteiger partial charge in [-0.05, 0) is 19.1 Å².